The molecule has 1 unspecified atom stereocenters. The number of piperazine rings is 1. The molecule has 2 nitrogen and oxygen atoms in total. The molecule has 0 bridgehead atoms. The molecule has 2 aromatic rings. The molecule has 1 fully saturated rings. The lowest BCUT2D eigenvalue weighted by molar-refractivity contribution is 0.197. The van der Waals surface area contributed by atoms with Crippen molar-refractivity contribution in [3.8, 4) is 0 Å². The molecule has 21 heavy (non-hydrogen) atoms. The summed E-state index contributed by atoms with van der Waals surface area (Å²) in [4.78, 5) is 2.44. The predicted molar refractivity (Wildman–Crippen MR) is 83.9 cm³/mol. The summed E-state index contributed by atoms with van der Waals surface area (Å²) in [5.41, 5.74) is 3.56. The lowest BCUT2D eigenvalue weighted by Gasteiger charge is -2.36. The Labute approximate surface area is 125 Å². The van der Waals surface area contributed by atoms with E-state index in [0.717, 1.165) is 31.7 Å². The third-order valence-corrected chi connectivity index (χ3v) is 4.16. The highest BCUT2D eigenvalue weighted by Gasteiger charge is 2.25. The van der Waals surface area contributed by atoms with Crippen LogP contribution in [0.3, 0.4) is 0 Å². The molecule has 0 aromatic heterocycles. The van der Waals surface area contributed by atoms with Crippen molar-refractivity contribution in [3.63, 3.8) is 0 Å². The summed E-state index contributed by atoms with van der Waals surface area (Å²) in [7, 11) is 0. The topological polar surface area (TPSA) is 15.3 Å². The van der Waals surface area contributed by atoms with Crippen LogP contribution in [0.2, 0.25) is 0 Å². The van der Waals surface area contributed by atoms with Crippen molar-refractivity contribution in [2.45, 2.75) is 13.0 Å². The van der Waals surface area contributed by atoms with Crippen LogP contribution in [0.25, 0.3) is 0 Å². The summed E-state index contributed by atoms with van der Waals surface area (Å²) in [6.45, 7) is 6.06. The first kappa shape index (κ1) is 14.2. The van der Waals surface area contributed by atoms with Gasteiger partial charge in [-0.15, -0.1) is 0 Å². The van der Waals surface area contributed by atoms with Gasteiger partial charge < -0.3 is 5.32 Å². The quantitative estimate of drug-likeness (QED) is 0.931. The van der Waals surface area contributed by atoms with E-state index in [1.54, 1.807) is 12.1 Å². The number of aryl methyl sites for hydroxylation is 1. The lowest BCUT2D eigenvalue weighted by atomic mass is 9.93. The fraction of sp³-hybridized carbons (Fsp3) is 0.333. The van der Waals surface area contributed by atoms with Crippen molar-refractivity contribution in [1.29, 1.82) is 0 Å². The van der Waals surface area contributed by atoms with Gasteiger partial charge in [-0.3, -0.25) is 4.90 Å². The average Bonchev–Trinajstić information content (AvgIpc) is 2.51. The first-order chi connectivity index (χ1) is 10.3. The minimum atomic E-state index is -0.166. The van der Waals surface area contributed by atoms with E-state index >= 15 is 0 Å². The Hall–Kier alpha value is -1.71. The highest BCUT2D eigenvalue weighted by Crippen LogP contribution is 2.31. The molecule has 0 spiro atoms. The van der Waals surface area contributed by atoms with Gasteiger partial charge in [0.2, 0.25) is 0 Å². The molecule has 3 rings (SSSR count). The fourth-order valence-electron chi connectivity index (χ4n) is 3.10. The maximum absolute atomic E-state index is 13.7. The highest BCUT2D eigenvalue weighted by atomic mass is 19.1. The third-order valence-electron chi connectivity index (χ3n) is 4.16. The lowest BCUT2D eigenvalue weighted by Crippen LogP contribution is -2.45. The van der Waals surface area contributed by atoms with E-state index in [4.69, 9.17) is 0 Å². The van der Waals surface area contributed by atoms with Gasteiger partial charge in [-0.05, 0) is 35.7 Å². The first-order valence-electron chi connectivity index (χ1n) is 7.51. The average molecular weight is 284 g/mol. The number of hydrogen-bond acceptors (Lipinski definition) is 2. The largest absolute Gasteiger partial charge is 0.314 e. The fourth-order valence-corrected chi connectivity index (χ4v) is 3.10. The predicted octanol–water partition coefficient (Wildman–Crippen LogP) is 3.13. The Kier molecular flexibility index (Phi) is 4.32. The van der Waals surface area contributed by atoms with Gasteiger partial charge >= 0.3 is 0 Å². The van der Waals surface area contributed by atoms with E-state index in [1.807, 2.05) is 6.07 Å². The Bertz CT molecular complexity index is 606. The molecule has 0 aliphatic carbocycles. The van der Waals surface area contributed by atoms with Crippen molar-refractivity contribution in [2.75, 3.05) is 26.2 Å². The molecule has 3 heteroatoms. The van der Waals surface area contributed by atoms with Crippen LogP contribution in [0.4, 0.5) is 4.39 Å². The van der Waals surface area contributed by atoms with Crippen molar-refractivity contribution < 1.29 is 4.39 Å². The SMILES string of the molecule is Cc1ccccc1C(c1cccc(F)c1)N1CCNCC1. The zero-order valence-electron chi connectivity index (χ0n) is 12.3. The minimum absolute atomic E-state index is 0.129. The Balaban J connectivity index is 2.04. The van der Waals surface area contributed by atoms with E-state index in [2.05, 4.69) is 41.4 Å². The Morgan fingerprint density at radius 2 is 1.81 bits per heavy atom. The highest BCUT2D eigenvalue weighted by molar-refractivity contribution is 5.37. The normalized spacial score (nSPS) is 17.6. The molecule has 1 saturated heterocycles. The van der Waals surface area contributed by atoms with Crippen LogP contribution in [0.1, 0.15) is 22.7 Å². The van der Waals surface area contributed by atoms with Crippen molar-refractivity contribution >= 4 is 0 Å². The molecule has 0 radical (unpaired) electrons. The molecule has 110 valence electrons. The maximum atomic E-state index is 13.7. The Morgan fingerprint density at radius 1 is 1.05 bits per heavy atom. The first-order valence-corrected chi connectivity index (χ1v) is 7.51. The summed E-state index contributed by atoms with van der Waals surface area (Å²) in [6, 6.07) is 15.5. The van der Waals surface area contributed by atoms with E-state index in [1.165, 1.54) is 17.2 Å². The summed E-state index contributed by atoms with van der Waals surface area (Å²) >= 11 is 0. The van der Waals surface area contributed by atoms with E-state index in [0.29, 0.717) is 0 Å². The van der Waals surface area contributed by atoms with Crippen molar-refractivity contribution in [2.24, 2.45) is 0 Å². The maximum Gasteiger partial charge on any atom is 0.123 e. The van der Waals surface area contributed by atoms with Crippen molar-refractivity contribution in [1.82, 2.24) is 10.2 Å². The monoisotopic (exact) mass is 284 g/mol. The van der Waals surface area contributed by atoms with Gasteiger partial charge in [0.25, 0.3) is 0 Å². The number of nitrogens with zero attached hydrogens (tertiary/aromatic N) is 1. The van der Waals surface area contributed by atoms with Gasteiger partial charge in [-0.25, -0.2) is 4.39 Å². The molecule has 1 heterocycles. The molecular formula is C18H21FN2. The molecule has 1 N–H and O–H groups in total. The molecule has 0 amide bonds. The van der Waals surface area contributed by atoms with Crippen LogP contribution >= 0.6 is 0 Å². The van der Waals surface area contributed by atoms with Crippen LogP contribution in [0, 0.1) is 12.7 Å². The number of rotatable bonds is 3. The molecule has 0 saturated carbocycles. The van der Waals surface area contributed by atoms with E-state index in [-0.39, 0.29) is 11.9 Å². The summed E-state index contributed by atoms with van der Waals surface area (Å²) in [5, 5.41) is 3.38. The van der Waals surface area contributed by atoms with Gasteiger partial charge in [0, 0.05) is 26.2 Å². The molecular weight excluding hydrogens is 263 g/mol. The molecule has 2 aromatic carbocycles. The second-order valence-electron chi connectivity index (χ2n) is 5.60. The van der Waals surface area contributed by atoms with Gasteiger partial charge in [0.1, 0.15) is 5.82 Å². The summed E-state index contributed by atoms with van der Waals surface area (Å²) in [6.07, 6.45) is 0. The van der Waals surface area contributed by atoms with Crippen LogP contribution in [-0.4, -0.2) is 31.1 Å². The van der Waals surface area contributed by atoms with Gasteiger partial charge in [0.15, 0.2) is 0 Å². The smallest absolute Gasteiger partial charge is 0.123 e. The third kappa shape index (κ3) is 3.14. The summed E-state index contributed by atoms with van der Waals surface area (Å²) in [5.74, 6) is -0.166. The number of benzene rings is 2. The van der Waals surface area contributed by atoms with Gasteiger partial charge in [0.05, 0.1) is 6.04 Å². The van der Waals surface area contributed by atoms with Crippen LogP contribution in [-0.2, 0) is 0 Å². The van der Waals surface area contributed by atoms with E-state index < -0.39 is 0 Å². The number of nitrogens with one attached hydrogen (secondary N) is 1. The minimum Gasteiger partial charge on any atom is -0.314 e. The zero-order valence-corrected chi connectivity index (χ0v) is 12.3. The molecule has 1 aliphatic heterocycles. The van der Waals surface area contributed by atoms with Crippen LogP contribution < -0.4 is 5.32 Å². The summed E-state index contributed by atoms with van der Waals surface area (Å²) < 4.78 is 13.7. The zero-order chi connectivity index (χ0) is 14.7. The van der Waals surface area contributed by atoms with Gasteiger partial charge in [-0.1, -0.05) is 36.4 Å². The Morgan fingerprint density at radius 3 is 2.52 bits per heavy atom. The van der Waals surface area contributed by atoms with Gasteiger partial charge in [-0.2, -0.15) is 0 Å². The molecule has 1 aliphatic rings. The second-order valence-corrected chi connectivity index (χ2v) is 5.60. The van der Waals surface area contributed by atoms with Crippen molar-refractivity contribution in [3.05, 3.63) is 71.0 Å². The standard InChI is InChI=1S/C18H21FN2/c1-14-5-2-3-8-17(14)18(21-11-9-20-10-12-21)15-6-4-7-16(19)13-15/h2-8,13,18,20H,9-12H2,1H3. The number of hydrogen-bond donors (Lipinski definition) is 1. The second kappa shape index (κ2) is 6.37. The number of halogens is 1. The molecule has 1 atom stereocenters. The van der Waals surface area contributed by atoms with Crippen LogP contribution in [0.15, 0.2) is 48.5 Å². The van der Waals surface area contributed by atoms with Crippen LogP contribution in [0.5, 0.6) is 0 Å². The van der Waals surface area contributed by atoms with E-state index in [9.17, 15) is 4.39 Å².